The number of amides is 1. The fourth-order valence-corrected chi connectivity index (χ4v) is 4.26. The van der Waals surface area contributed by atoms with Gasteiger partial charge in [0.25, 0.3) is 5.91 Å². The topological polar surface area (TPSA) is 75.7 Å². The number of anilines is 2. The van der Waals surface area contributed by atoms with Crippen LogP contribution in [0.1, 0.15) is 26.3 Å². The number of carbonyl (C=O) groups is 1. The largest absolute Gasteiger partial charge is 0.476 e. The van der Waals surface area contributed by atoms with Gasteiger partial charge < -0.3 is 10.1 Å². The van der Waals surface area contributed by atoms with E-state index in [1.807, 2.05) is 18.2 Å². The van der Waals surface area contributed by atoms with Crippen molar-refractivity contribution in [3.05, 3.63) is 52.5 Å². The number of nitrogens with one attached hydrogen (secondary N) is 1. The fourth-order valence-electron chi connectivity index (χ4n) is 2.96. The lowest BCUT2D eigenvalue weighted by atomic mass is 9.86. The van der Waals surface area contributed by atoms with Crippen molar-refractivity contribution in [2.75, 3.05) is 22.4 Å². The summed E-state index contributed by atoms with van der Waals surface area (Å²) in [4.78, 5) is 12.7. The van der Waals surface area contributed by atoms with E-state index in [0.717, 1.165) is 16.3 Å². The zero-order chi connectivity index (χ0) is 20.7. The van der Waals surface area contributed by atoms with Crippen molar-refractivity contribution in [2.45, 2.75) is 32.3 Å². The molecular weight excluding hydrogens is 444 g/mol. The van der Waals surface area contributed by atoms with Gasteiger partial charge in [-0.15, -0.1) is 0 Å². The third-order valence-corrected chi connectivity index (χ3v) is 6.12. The Bertz CT molecular complexity index is 1020. The molecule has 1 aliphatic rings. The van der Waals surface area contributed by atoms with Gasteiger partial charge in [-0.3, -0.25) is 9.10 Å². The molecule has 8 heteroatoms. The van der Waals surface area contributed by atoms with Gasteiger partial charge in [-0.25, -0.2) is 8.42 Å². The maximum Gasteiger partial charge on any atom is 0.267 e. The van der Waals surface area contributed by atoms with Crippen LogP contribution < -0.4 is 14.4 Å². The second-order valence-corrected chi connectivity index (χ2v) is 10.7. The molecule has 0 fully saturated rings. The first-order valence-corrected chi connectivity index (χ1v) is 11.4. The van der Waals surface area contributed by atoms with E-state index in [4.69, 9.17) is 4.74 Å². The molecule has 0 spiro atoms. The van der Waals surface area contributed by atoms with E-state index >= 15 is 0 Å². The van der Waals surface area contributed by atoms with Gasteiger partial charge in [0.05, 0.1) is 18.5 Å². The molecule has 1 amide bonds. The van der Waals surface area contributed by atoms with E-state index < -0.39 is 22.0 Å². The zero-order valence-electron chi connectivity index (χ0n) is 16.2. The molecule has 0 saturated heterocycles. The van der Waals surface area contributed by atoms with Gasteiger partial charge in [0.1, 0.15) is 5.75 Å². The Hall–Kier alpha value is -2.06. The SMILES string of the molecule is CC(C)(C)c1ccc2c(c1)N(S(C)(=O)=O)CC(C(=O)Nc1cccc(Br)c1)O2. The fraction of sp³-hybridized carbons (Fsp3) is 0.350. The Kier molecular flexibility index (Phi) is 5.46. The molecule has 1 aliphatic heterocycles. The third-order valence-electron chi connectivity index (χ3n) is 4.48. The summed E-state index contributed by atoms with van der Waals surface area (Å²) in [5, 5.41) is 2.78. The summed E-state index contributed by atoms with van der Waals surface area (Å²) in [7, 11) is -3.58. The minimum atomic E-state index is -3.58. The number of rotatable bonds is 3. The van der Waals surface area contributed by atoms with Crippen molar-refractivity contribution >= 4 is 43.2 Å². The average Bonchev–Trinajstić information content (AvgIpc) is 2.58. The zero-order valence-corrected chi connectivity index (χ0v) is 18.6. The molecule has 0 bridgehead atoms. The van der Waals surface area contributed by atoms with E-state index in [2.05, 4.69) is 42.0 Å². The molecule has 3 rings (SSSR count). The summed E-state index contributed by atoms with van der Waals surface area (Å²) in [5.74, 6) is -0.0311. The van der Waals surface area contributed by atoms with Crippen LogP contribution in [0.15, 0.2) is 46.9 Å². The van der Waals surface area contributed by atoms with Crippen molar-refractivity contribution in [2.24, 2.45) is 0 Å². The van der Waals surface area contributed by atoms with Gasteiger partial charge in [0.2, 0.25) is 10.0 Å². The molecule has 1 unspecified atom stereocenters. The Morgan fingerprint density at radius 3 is 2.54 bits per heavy atom. The van der Waals surface area contributed by atoms with Crippen molar-refractivity contribution in [3.63, 3.8) is 0 Å². The molecule has 0 aromatic heterocycles. The van der Waals surface area contributed by atoms with Crippen LogP contribution in [-0.2, 0) is 20.2 Å². The standard InChI is InChI=1S/C20H23BrN2O4S/c1-20(2,3)13-8-9-17-16(10-13)23(28(4,25)26)12-18(27-17)19(24)22-15-7-5-6-14(21)11-15/h5-11,18H,12H2,1-4H3,(H,22,24). The van der Waals surface area contributed by atoms with Gasteiger partial charge in [-0.2, -0.15) is 0 Å². The Balaban J connectivity index is 1.93. The molecule has 6 nitrogen and oxygen atoms in total. The molecule has 1 N–H and O–H groups in total. The maximum atomic E-state index is 12.7. The van der Waals surface area contributed by atoms with Crippen LogP contribution in [0.2, 0.25) is 0 Å². The van der Waals surface area contributed by atoms with E-state index in [0.29, 0.717) is 17.1 Å². The van der Waals surface area contributed by atoms with Crippen LogP contribution >= 0.6 is 15.9 Å². The van der Waals surface area contributed by atoms with Crippen LogP contribution in [0.5, 0.6) is 5.75 Å². The van der Waals surface area contributed by atoms with Gasteiger partial charge in [0, 0.05) is 10.2 Å². The summed E-state index contributed by atoms with van der Waals surface area (Å²) >= 11 is 3.36. The molecule has 0 radical (unpaired) electrons. The van der Waals surface area contributed by atoms with E-state index in [1.54, 1.807) is 24.3 Å². The number of carbonyl (C=O) groups excluding carboxylic acids is 1. The summed E-state index contributed by atoms with van der Waals surface area (Å²) in [6.07, 6.45) is 0.177. The van der Waals surface area contributed by atoms with Gasteiger partial charge >= 0.3 is 0 Å². The Morgan fingerprint density at radius 1 is 1.21 bits per heavy atom. The smallest absolute Gasteiger partial charge is 0.267 e. The number of hydrogen-bond donors (Lipinski definition) is 1. The van der Waals surface area contributed by atoms with Gasteiger partial charge in [-0.1, -0.05) is 48.8 Å². The lowest BCUT2D eigenvalue weighted by molar-refractivity contribution is -0.122. The predicted octanol–water partition coefficient (Wildman–Crippen LogP) is 3.91. The van der Waals surface area contributed by atoms with Crippen LogP contribution in [0.4, 0.5) is 11.4 Å². The highest BCUT2D eigenvalue weighted by Crippen LogP contribution is 2.38. The van der Waals surface area contributed by atoms with Gasteiger partial charge in [-0.05, 0) is 41.3 Å². The second-order valence-electron chi connectivity index (χ2n) is 7.83. The Labute approximate surface area is 174 Å². The van der Waals surface area contributed by atoms with E-state index in [9.17, 15) is 13.2 Å². The summed E-state index contributed by atoms with van der Waals surface area (Å²) < 4.78 is 32.8. The molecule has 1 heterocycles. The van der Waals surface area contributed by atoms with Crippen molar-refractivity contribution in [1.29, 1.82) is 0 Å². The Morgan fingerprint density at radius 2 is 1.93 bits per heavy atom. The number of ether oxygens (including phenoxy) is 1. The maximum absolute atomic E-state index is 12.7. The second kappa shape index (κ2) is 7.40. The lowest BCUT2D eigenvalue weighted by Crippen LogP contribution is -2.48. The summed E-state index contributed by atoms with van der Waals surface area (Å²) in [5.41, 5.74) is 1.90. The lowest BCUT2D eigenvalue weighted by Gasteiger charge is -2.35. The molecule has 2 aromatic rings. The van der Waals surface area contributed by atoms with Gasteiger partial charge in [0.15, 0.2) is 6.10 Å². The molecule has 150 valence electrons. The normalized spacial score (nSPS) is 16.9. The van der Waals surface area contributed by atoms with Crippen molar-refractivity contribution in [3.8, 4) is 5.75 Å². The first kappa shape index (κ1) is 20.7. The highest BCUT2D eigenvalue weighted by molar-refractivity contribution is 9.10. The third kappa shape index (κ3) is 4.50. The summed E-state index contributed by atoms with van der Waals surface area (Å²) in [6.45, 7) is 6.07. The highest BCUT2D eigenvalue weighted by Gasteiger charge is 2.35. The average molecular weight is 467 g/mol. The van der Waals surface area contributed by atoms with E-state index in [-0.39, 0.29) is 12.0 Å². The van der Waals surface area contributed by atoms with Crippen molar-refractivity contribution < 1.29 is 17.9 Å². The van der Waals surface area contributed by atoms with Crippen LogP contribution in [0.3, 0.4) is 0 Å². The first-order valence-electron chi connectivity index (χ1n) is 8.80. The first-order chi connectivity index (χ1) is 12.9. The number of sulfonamides is 1. The molecule has 28 heavy (non-hydrogen) atoms. The van der Waals surface area contributed by atoms with Crippen LogP contribution in [0.25, 0.3) is 0 Å². The summed E-state index contributed by atoms with van der Waals surface area (Å²) in [6, 6.07) is 12.6. The van der Waals surface area contributed by atoms with E-state index in [1.165, 1.54) is 4.31 Å². The minimum absolute atomic E-state index is 0.0841. The monoisotopic (exact) mass is 466 g/mol. The molecular formula is C20H23BrN2O4S. The predicted molar refractivity (Wildman–Crippen MR) is 115 cm³/mol. The number of nitrogens with zero attached hydrogens (tertiary/aromatic N) is 1. The molecule has 0 aliphatic carbocycles. The minimum Gasteiger partial charge on any atom is -0.476 e. The molecule has 0 saturated carbocycles. The number of halogens is 1. The quantitative estimate of drug-likeness (QED) is 0.743. The van der Waals surface area contributed by atoms with Crippen molar-refractivity contribution in [1.82, 2.24) is 0 Å². The highest BCUT2D eigenvalue weighted by atomic mass is 79.9. The van der Waals surface area contributed by atoms with Crippen LogP contribution in [0, 0.1) is 0 Å². The number of benzene rings is 2. The molecule has 2 aromatic carbocycles. The van der Waals surface area contributed by atoms with Crippen LogP contribution in [-0.4, -0.2) is 33.2 Å². The molecule has 1 atom stereocenters. The number of fused-ring (bicyclic) bond motifs is 1. The number of hydrogen-bond acceptors (Lipinski definition) is 4.